The first-order valence-electron chi connectivity index (χ1n) is 7.92. The third kappa shape index (κ3) is 4.71. The van der Waals surface area contributed by atoms with Gasteiger partial charge in [-0.25, -0.2) is 0 Å². The van der Waals surface area contributed by atoms with Crippen molar-refractivity contribution in [2.45, 2.75) is 25.9 Å². The number of hydrogen-bond donors (Lipinski definition) is 1. The highest BCUT2D eigenvalue weighted by atomic mass is 16.5. The van der Waals surface area contributed by atoms with E-state index in [1.165, 1.54) is 7.11 Å². The fraction of sp³-hybridized carbons (Fsp3) is 0.471. The van der Waals surface area contributed by atoms with Crippen molar-refractivity contribution >= 4 is 17.8 Å². The predicted octanol–water partition coefficient (Wildman–Crippen LogP) is 0.979. The van der Waals surface area contributed by atoms with Crippen LogP contribution >= 0.6 is 0 Å². The molecule has 130 valence electrons. The summed E-state index contributed by atoms with van der Waals surface area (Å²) >= 11 is 0. The molecule has 1 heterocycles. The van der Waals surface area contributed by atoms with E-state index < -0.39 is 18.0 Å². The van der Waals surface area contributed by atoms with Gasteiger partial charge in [0.2, 0.25) is 0 Å². The van der Waals surface area contributed by atoms with Crippen LogP contribution in [0.2, 0.25) is 0 Å². The second kappa shape index (κ2) is 8.33. The molecule has 1 N–H and O–H groups in total. The molecule has 2 rings (SSSR count). The summed E-state index contributed by atoms with van der Waals surface area (Å²) in [5.74, 6) is -0.703. The van der Waals surface area contributed by atoms with Gasteiger partial charge >= 0.3 is 5.97 Å². The fourth-order valence-electron chi connectivity index (χ4n) is 2.50. The van der Waals surface area contributed by atoms with E-state index in [4.69, 9.17) is 9.47 Å². The molecule has 0 saturated carbocycles. The van der Waals surface area contributed by atoms with Gasteiger partial charge in [0.15, 0.2) is 6.10 Å². The number of likely N-dealkylation sites (tertiary alicyclic amines) is 1. The molecule has 1 fully saturated rings. The number of carbonyl (C=O) groups is 3. The van der Waals surface area contributed by atoms with Gasteiger partial charge in [-0.2, -0.15) is 0 Å². The van der Waals surface area contributed by atoms with Crippen LogP contribution in [0.4, 0.5) is 0 Å². The van der Waals surface area contributed by atoms with Crippen molar-refractivity contribution in [1.29, 1.82) is 0 Å². The number of ether oxygens (including phenoxy) is 2. The Morgan fingerprint density at radius 2 is 1.96 bits per heavy atom. The Hall–Kier alpha value is -2.57. The van der Waals surface area contributed by atoms with Crippen LogP contribution in [0.15, 0.2) is 24.3 Å². The quantitative estimate of drug-likeness (QED) is 0.784. The summed E-state index contributed by atoms with van der Waals surface area (Å²) in [5, 5.41) is 2.47. The van der Waals surface area contributed by atoms with Crippen molar-refractivity contribution in [2.24, 2.45) is 0 Å². The molecule has 7 nitrogen and oxygen atoms in total. The average molecular weight is 334 g/mol. The topological polar surface area (TPSA) is 84.9 Å². The first kappa shape index (κ1) is 17.8. The van der Waals surface area contributed by atoms with Gasteiger partial charge in [0, 0.05) is 18.7 Å². The Labute approximate surface area is 140 Å². The van der Waals surface area contributed by atoms with Crippen molar-refractivity contribution in [2.75, 3.05) is 26.7 Å². The lowest BCUT2D eigenvalue weighted by molar-refractivity contribution is -0.157. The zero-order valence-electron chi connectivity index (χ0n) is 13.9. The van der Waals surface area contributed by atoms with E-state index in [9.17, 15) is 14.4 Å². The van der Waals surface area contributed by atoms with E-state index in [0.717, 1.165) is 12.8 Å². The fourth-order valence-corrected chi connectivity index (χ4v) is 2.50. The molecule has 24 heavy (non-hydrogen) atoms. The molecular formula is C17H22N2O5. The minimum atomic E-state index is -0.843. The zero-order valence-corrected chi connectivity index (χ0v) is 13.9. The maximum absolute atomic E-state index is 12.1. The maximum Gasteiger partial charge on any atom is 0.326 e. The van der Waals surface area contributed by atoms with Crippen LogP contribution in [-0.2, 0) is 14.3 Å². The smallest absolute Gasteiger partial charge is 0.326 e. The average Bonchev–Trinajstić information content (AvgIpc) is 3.13. The Balaban J connectivity index is 1.79. The largest absolute Gasteiger partial charge is 0.497 e. The van der Waals surface area contributed by atoms with Crippen LogP contribution in [0.25, 0.3) is 0 Å². The predicted molar refractivity (Wildman–Crippen MR) is 86.7 cm³/mol. The first-order valence-corrected chi connectivity index (χ1v) is 7.92. The molecule has 7 heteroatoms. The second-order valence-electron chi connectivity index (χ2n) is 5.58. The molecule has 1 aromatic rings. The standard InChI is InChI=1S/C17H22N2O5/c1-12(17(22)19-8-3-4-9-19)24-15(20)11-18-16(21)13-6-5-7-14(10-13)23-2/h5-7,10,12H,3-4,8-9,11H2,1-2H3,(H,18,21)/t12-/m0/s1. The van der Waals surface area contributed by atoms with Crippen LogP contribution in [0.3, 0.4) is 0 Å². The number of benzene rings is 1. The van der Waals surface area contributed by atoms with Gasteiger partial charge in [0.1, 0.15) is 12.3 Å². The highest BCUT2D eigenvalue weighted by molar-refractivity contribution is 5.96. The number of hydrogen-bond acceptors (Lipinski definition) is 5. The van der Waals surface area contributed by atoms with Gasteiger partial charge in [0.25, 0.3) is 11.8 Å². The lowest BCUT2D eigenvalue weighted by atomic mass is 10.2. The van der Waals surface area contributed by atoms with Crippen molar-refractivity contribution in [3.63, 3.8) is 0 Å². The summed E-state index contributed by atoms with van der Waals surface area (Å²) in [5.41, 5.74) is 0.378. The number of rotatable bonds is 6. The molecular weight excluding hydrogens is 312 g/mol. The molecule has 0 aromatic heterocycles. The van der Waals surface area contributed by atoms with E-state index in [1.54, 1.807) is 36.1 Å². The summed E-state index contributed by atoms with van der Waals surface area (Å²) in [4.78, 5) is 37.5. The number of esters is 1. The van der Waals surface area contributed by atoms with Gasteiger partial charge in [-0.15, -0.1) is 0 Å². The lowest BCUT2D eigenvalue weighted by Crippen LogP contribution is -2.40. The minimum Gasteiger partial charge on any atom is -0.497 e. The number of carbonyl (C=O) groups excluding carboxylic acids is 3. The molecule has 1 aromatic carbocycles. The van der Waals surface area contributed by atoms with Gasteiger partial charge in [-0.05, 0) is 38.0 Å². The number of amides is 2. The molecule has 0 bridgehead atoms. The Morgan fingerprint density at radius 1 is 1.25 bits per heavy atom. The van der Waals surface area contributed by atoms with E-state index in [1.807, 2.05) is 0 Å². The molecule has 2 amide bonds. The van der Waals surface area contributed by atoms with Gasteiger partial charge < -0.3 is 19.7 Å². The van der Waals surface area contributed by atoms with Crippen LogP contribution in [0, 0.1) is 0 Å². The molecule has 0 spiro atoms. The summed E-state index contributed by atoms with van der Waals surface area (Å²) in [6.45, 7) is 2.65. The monoisotopic (exact) mass is 334 g/mol. The van der Waals surface area contributed by atoms with E-state index in [2.05, 4.69) is 5.32 Å². The molecule has 0 radical (unpaired) electrons. The summed E-state index contributed by atoms with van der Waals surface area (Å²) < 4.78 is 10.1. The Kier molecular flexibility index (Phi) is 6.17. The molecule has 1 atom stereocenters. The third-order valence-corrected chi connectivity index (χ3v) is 3.80. The SMILES string of the molecule is COc1cccc(C(=O)NCC(=O)O[C@@H](C)C(=O)N2CCCC2)c1. The van der Waals surface area contributed by atoms with Gasteiger partial charge in [-0.1, -0.05) is 6.07 Å². The van der Waals surface area contributed by atoms with Crippen LogP contribution in [-0.4, -0.2) is 55.5 Å². The van der Waals surface area contributed by atoms with Gasteiger partial charge in [0.05, 0.1) is 7.11 Å². The van der Waals surface area contributed by atoms with Crippen molar-refractivity contribution in [3.05, 3.63) is 29.8 Å². The van der Waals surface area contributed by atoms with E-state index in [-0.39, 0.29) is 12.5 Å². The normalized spacial score (nSPS) is 14.8. The second-order valence-corrected chi connectivity index (χ2v) is 5.58. The van der Waals surface area contributed by atoms with Crippen molar-refractivity contribution in [3.8, 4) is 5.75 Å². The van der Waals surface area contributed by atoms with Gasteiger partial charge in [-0.3, -0.25) is 14.4 Å². The molecule has 1 saturated heterocycles. The Bertz CT molecular complexity index is 611. The molecule has 0 aliphatic carbocycles. The summed E-state index contributed by atoms with van der Waals surface area (Å²) in [6.07, 6.45) is 1.11. The number of nitrogens with zero attached hydrogens (tertiary/aromatic N) is 1. The van der Waals surface area contributed by atoms with Crippen molar-refractivity contribution < 1.29 is 23.9 Å². The van der Waals surface area contributed by atoms with E-state index >= 15 is 0 Å². The van der Waals surface area contributed by atoms with Crippen LogP contribution < -0.4 is 10.1 Å². The highest BCUT2D eigenvalue weighted by Crippen LogP contribution is 2.12. The molecule has 0 unspecified atom stereocenters. The summed E-state index contributed by atoms with van der Waals surface area (Å²) in [7, 11) is 1.51. The molecule has 1 aliphatic heterocycles. The number of methoxy groups -OCH3 is 1. The highest BCUT2D eigenvalue weighted by Gasteiger charge is 2.25. The lowest BCUT2D eigenvalue weighted by Gasteiger charge is -2.20. The zero-order chi connectivity index (χ0) is 17.5. The number of nitrogens with one attached hydrogen (secondary N) is 1. The van der Waals surface area contributed by atoms with Crippen molar-refractivity contribution in [1.82, 2.24) is 10.2 Å². The van der Waals surface area contributed by atoms with Crippen LogP contribution in [0.1, 0.15) is 30.1 Å². The first-order chi connectivity index (χ1) is 11.5. The van der Waals surface area contributed by atoms with E-state index in [0.29, 0.717) is 24.4 Å². The third-order valence-electron chi connectivity index (χ3n) is 3.80. The summed E-state index contributed by atoms with van der Waals surface area (Å²) in [6, 6.07) is 6.59. The minimum absolute atomic E-state index is 0.194. The molecule has 1 aliphatic rings. The van der Waals surface area contributed by atoms with Crippen LogP contribution in [0.5, 0.6) is 5.75 Å². The maximum atomic E-state index is 12.1. The Morgan fingerprint density at radius 3 is 2.62 bits per heavy atom.